The maximum absolute atomic E-state index is 11.3. The second-order valence-electron chi connectivity index (χ2n) is 5.64. The molecule has 1 aliphatic heterocycles. The predicted octanol–water partition coefficient (Wildman–Crippen LogP) is 1.15. The van der Waals surface area contributed by atoms with Crippen LogP contribution in [-0.2, 0) is 11.3 Å². The maximum atomic E-state index is 11.3. The fourth-order valence-corrected chi connectivity index (χ4v) is 2.21. The lowest BCUT2D eigenvalue weighted by atomic mass is 10.2. The number of carbonyl (C=O) groups is 1. The maximum Gasteiger partial charge on any atom is 0.221 e. The highest BCUT2D eigenvalue weighted by Crippen LogP contribution is 2.12. The van der Waals surface area contributed by atoms with Gasteiger partial charge < -0.3 is 15.5 Å². The molecular formula is C15H24N4O. The van der Waals surface area contributed by atoms with Crippen LogP contribution in [0, 0.1) is 5.92 Å². The summed E-state index contributed by atoms with van der Waals surface area (Å²) in [5, 5.41) is 6.28. The summed E-state index contributed by atoms with van der Waals surface area (Å²) in [5.41, 5.74) is 1.19. The second kappa shape index (κ2) is 7.24. The molecule has 0 bridgehead atoms. The van der Waals surface area contributed by atoms with Crippen molar-refractivity contribution < 1.29 is 4.79 Å². The summed E-state index contributed by atoms with van der Waals surface area (Å²) >= 11 is 0. The van der Waals surface area contributed by atoms with Gasteiger partial charge in [0, 0.05) is 38.8 Å². The summed E-state index contributed by atoms with van der Waals surface area (Å²) in [6.07, 6.45) is 2.46. The first-order valence-corrected chi connectivity index (χ1v) is 7.32. The molecule has 110 valence electrons. The molecule has 20 heavy (non-hydrogen) atoms. The number of hydrogen-bond donors (Lipinski definition) is 2. The average molecular weight is 276 g/mol. The van der Waals surface area contributed by atoms with E-state index in [4.69, 9.17) is 0 Å². The molecule has 5 nitrogen and oxygen atoms in total. The van der Waals surface area contributed by atoms with Crippen molar-refractivity contribution in [3.63, 3.8) is 0 Å². The normalized spacial score (nSPS) is 16.1. The smallest absolute Gasteiger partial charge is 0.221 e. The highest BCUT2D eigenvalue weighted by molar-refractivity contribution is 5.77. The predicted molar refractivity (Wildman–Crippen MR) is 80.6 cm³/mol. The Morgan fingerprint density at radius 3 is 2.95 bits per heavy atom. The standard InChI is InChI=1S/C15H24N4O/c1-12(2)9-16-10-13-3-4-14(18-11-13)19-7-5-15(20)17-6-8-19/h3-4,11-12,16H,5-10H2,1-2H3,(H,17,20). The van der Waals surface area contributed by atoms with E-state index in [9.17, 15) is 4.79 Å². The summed E-state index contributed by atoms with van der Waals surface area (Å²) in [4.78, 5) is 18.0. The first kappa shape index (κ1) is 14.8. The van der Waals surface area contributed by atoms with Crippen LogP contribution in [0.4, 0.5) is 5.82 Å². The van der Waals surface area contributed by atoms with E-state index < -0.39 is 0 Å². The lowest BCUT2D eigenvalue weighted by molar-refractivity contribution is -0.120. The van der Waals surface area contributed by atoms with Crippen molar-refractivity contribution in [2.75, 3.05) is 31.1 Å². The summed E-state index contributed by atoms with van der Waals surface area (Å²) in [7, 11) is 0. The number of pyridine rings is 1. The molecule has 1 aliphatic rings. The zero-order valence-corrected chi connectivity index (χ0v) is 12.4. The second-order valence-corrected chi connectivity index (χ2v) is 5.64. The van der Waals surface area contributed by atoms with Gasteiger partial charge in [0.1, 0.15) is 5.82 Å². The van der Waals surface area contributed by atoms with Crippen LogP contribution in [0.1, 0.15) is 25.8 Å². The first-order chi connectivity index (χ1) is 9.65. The van der Waals surface area contributed by atoms with E-state index in [1.165, 1.54) is 5.56 Å². The lowest BCUT2D eigenvalue weighted by Gasteiger charge is -2.20. The highest BCUT2D eigenvalue weighted by Gasteiger charge is 2.14. The molecule has 1 aromatic heterocycles. The number of rotatable bonds is 5. The monoisotopic (exact) mass is 276 g/mol. The van der Waals surface area contributed by atoms with Crippen LogP contribution in [0.3, 0.4) is 0 Å². The third-order valence-electron chi connectivity index (χ3n) is 3.33. The fourth-order valence-electron chi connectivity index (χ4n) is 2.21. The van der Waals surface area contributed by atoms with E-state index >= 15 is 0 Å². The number of nitrogens with one attached hydrogen (secondary N) is 2. The summed E-state index contributed by atoms with van der Waals surface area (Å²) < 4.78 is 0. The molecule has 0 radical (unpaired) electrons. The molecule has 0 atom stereocenters. The molecule has 0 saturated carbocycles. The van der Waals surface area contributed by atoms with Gasteiger partial charge in [-0.25, -0.2) is 4.98 Å². The molecule has 2 rings (SSSR count). The van der Waals surface area contributed by atoms with E-state index in [2.05, 4.69) is 40.4 Å². The van der Waals surface area contributed by atoms with Crippen LogP contribution in [0.15, 0.2) is 18.3 Å². The minimum Gasteiger partial charge on any atom is -0.354 e. The topological polar surface area (TPSA) is 57.3 Å². The van der Waals surface area contributed by atoms with Crippen LogP contribution < -0.4 is 15.5 Å². The Hall–Kier alpha value is -1.62. The van der Waals surface area contributed by atoms with Crippen LogP contribution in [0.5, 0.6) is 0 Å². The van der Waals surface area contributed by atoms with Crippen molar-refractivity contribution in [2.45, 2.75) is 26.8 Å². The van der Waals surface area contributed by atoms with E-state index in [1.807, 2.05) is 12.3 Å². The number of anilines is 1. The Morgan fingerprint density at radius 2 is 2.25 bits per heavy atom. The van der Waals surface area contributed by atoms with Gasteiger partial charge in [-0.1, -0.05) is 19.9 Å². The SMILES string of the molecule is CC(C)CNCc1ccc(N2CCNC(=O)CC2)nc1. The molecular weight excluding hydrogens is 252 g/mol. The lowest BCUT2D eigenvalue weighted by Crippen LogP contribution is -2.29. The number of amides is 1. The minimum atomic E-state index is 0.127. The van der Waals surface area contributed by atoms with Crippen molar-refractivity contribution in [1.82, 2.24) is 15.6 Å². The Kier molecular flexibility index (Phi) is 5.35. The number of nitrogens with zero attached hydrogens (tertiary/aromatic N) is 2. The zero-order chi connectivity index (χ0) is 14.4. The van der Waals surface area contributed by atoms with Gasteiger partial charge in [-0.2, -0.15) is 0 Å². The molecule has 2 N–H and O–H groups in total. The molecule has 0 unspecified atom stereocenters. The average Bonchev–Trinajstić information content (AvgIpc) is 2.64. The summed E-state index contributed by atoms with van der Waals surface area (Å²) in [6, 6.07) is 4.15. The molecule has 0 aromatic carbocycles. The van der Waals surface area contributed by atoms with Crippen molar-refractivity contribution in [2.24, 2.45) is 5.92 Å². The van der Waals surface area contributed by atoms with Gasteiger partial charge in [0.15, 0.2) is 0 Å². The van der Waals surface area contributed by atoms with Crippen molar-refractivity contribution in [1.29, 1.82) is 0 Å². The van der Waals surface area contributed by atoms with E-state index in [0.29, 0.717) is 18.9 Å². The van der Waals surface area contributed by atoms with Gasteiger partial charge in [-0.05, 0) is 24.1 Å². The van der Waals surface area contributed by atoms with Crippen LogP contribution in [-0.4, -0.2) is 37.1 Å². The molecule has 1 aromatic rings. The van der Waals surface area contributed by atoms with Crippen molar-refractivity contribution in [3.05, 3.63) is 23.9 Å². The number of carbonyl (C=O) groups excluding carboxylic acids is 1. The summed E-state index contributed by atoms with van der Waals surface area (Å²) in [6.45, 7) is 8.52. The van der Waals surface area contributed by atoms with Gasteiger partial charge >= 0.3 is 0 Å². The van der Waals surface area contributed by atoms with Crippen LogP contribution in [0.25, 0.3) is 0 Å². The van der Waals surface area contributed by atoms with E-state index in [1.54, 1.807) is 0 Å². The fraction of sp³-hybridized carbons (Fsp3) is 0.600. The Labute approximate surface area is 120 Å². The molecule has 5 heteroatoms. The highest BCUT2D eigenvalue weighted by atomic mass is 16.1. The van der Waals surface area contributed by atoms with Gasteiger partial charge in [-0.3, -0.25) is 4.79 Å². The van der Waals surface area contributed by atoms with E-state index in [0.717, 1.165) is 32.0 Å². The van der Waals surface area contributed by atoms with E-state index in [-0.39, 0.29) is 5.91 Å². The Balaban J connectivity index is 1.88. The molecule has 0 aliphatic carbocycles. The summed E-state index contributed by atoms with van der Waals surface area (Å²) in [5.74, 6) is 1.74. The first-order valence-electron chi connectivity index (χ1n) is 7.32. The van der Waals surface area contributed by atoms with Crippen LogP contribution in [0.2, 0.25) is 0 Å². The minimum absolute atomic E-state index is 0.127. The molecule has 0 spiro atoms. The Bertz CT molecular complexity index is 430. The van der Waals surface area contributed by atoms with Gasteiger partial charge in [0.25, 0.3) is 0 Å². The van der Waals surface area contributed by atoms with Gasteiger partial charge in [-0.15, -0.1) is 0 Å². The number of hydrogen-bond acceptors (Lipinski definition) is 4. The molecule has 1 fully saturated rings. The third-order valence-corrected chi connectivity index (χ3v) is 3.33. The van der Waals surface area contributed by atoms with Crippen LogP contribution >= 0.6 is 0 Å². The molecule has 1 amide bonds. The van der Waals surface area contributed by atoms with Gasteiger partial charge in [0.2, 0.25) is 5.91 Å². The van der Waals surface area contributed by atoms with Crippen molar-refractivity contribution >= 4 is 11.7 Å². The molecule has 2 heterocycles. The zero-order valence-electron chi connectivity index (χ0n) is 12.4. The largest absolute Gasteiger partial charge is 0.354 e. The molecule has 1 saturated heterocycles. The quantitative estimate of drug-likeness (QED) is 0.847. The van der Waals surface area contributed by atoms with Crippen molar-refractivity contribution in [3.8, 4) is 0 Å². The van der Waals surface area contributed by atoms with Gasteiger partial charge in [0.05, 0.1) is 0 Å². The third kappa shape index (κ3) is 4.49. The Morgan fingerprint density at radius 1 is 1.40 bits per heavy atom. The number of aromatic nitrogens is 1.